The van der Waals surface area contributed by atoms with Crippen LogP contribution in [-0.4, -0.2) is 26.3 Å². The molecule has 0 atom stereocenters. The molecule has 0 fully saturated rings. The summed E-state index contributed by atoms with van der Waals surface area (Å²) in [5, 5.41) is 17.7. The average molecular weight is 303 g/mol. The summed E-state index contributed by atoms with van der Waals surface area (Å²) < 4.78 is 0. The molecule has 0 spiro atoms. The van der Waals surface area contributed by atoms with Crippen LogP contribution >= 0.6 is 11.8 Å². The number of hydrogen-bond donors (Lipinski definition) is 1. The highest BCUT2D eigenvalue weighted by Gasteiger charge is 2.08. The highest BCUT2D eigenvalue weighted by molar-refractivity contribution is 7.99. The molecule has 1 N–H and O–H groups in total. The Hall–Kier alpha value is -1.95. The second-order valence-electron chi connectivity index (χ2n) is 4.51. The molecule has 21 heavy (non-hydrogen) atoms. The monoisotopic (exact) mass is 303 g/mol. The fourth-order valence-corrected chi connectivity index (χ4v) is 2.64. The summed E-state index contributed by atoms with van der Waals surface area (Å²) in [4.78, 5) is 16.1. The Bertz CT molecular complexity index is 629. The first kappa shape index (κ1) is 15.4. The number of rotatable bonds is 6. The van der Waals surface area contributed by atoms with Crippen LogP contribution in [-0.2, 0) is 24.1 Å². The molecule has 1 aromatic heterocycles. The van der Waals surface area contributed by atoms with E-state index in [-0.39, 0.29) is 6.42 Å². The van der Waals surface area contributed by atoms with Gasteiger partial charge in [-0.1, -0.05) is 26.0 Å². The van der Waals surface area contributed by atoms with E-state index in [4.69, 9.17) is 5.11 Å². The molecule has 6 heteroatoms. The summed E-state index contributed by atoms with van der Waals surface area (Å²) in [5.74, 6) is -0.828. The summed E-state index contributed by atoms with van der Waals surface area (Å²) in [6.45, 7) is 4.09. The first-order valence-corrected chi connectivity index (χ1v) is 7.65. The van der Waals surface area contributed by atoms with Crippen LogP contribution in [0.1, 0.15) is 30.8 Å². The highest BCUT2D eigenvalue weighted by Crippen LogP contribution is 2.25. The van der Waals surface area contributed by atoms with Crippen LogP contribution < -0.4 is 0 Å². The van der Waals surface area contributed by atoms with Crippen molar-refractivity contribution in [2.45, 2.75) is 43.2 Å². The van der Waals surface area contributed by atoms with Crippen molar-refractivity contribution in [1.29, 1.82) is 0 Å². The van der Waals surface area contributed by atoms with Gasteiger partial charge in [0.2, 0.25) is 5.16 Å². The molecule has 1 heterocycles. The lowest BCUT2D eigenvalue weighted by Gasteiger charge is -2.05. The second kappa shape index (κ2) is 7.17. The minimum atomic E-state index is -0.828. The molecule has 110 valence electrons. The molecule has 2 rings (SSSR count). The third-order valence-corrected chi connectivity index (χ3v) is 3.84. The van der Waals surface area contributed by atoms with Gasteiger partial charge in [-0.15, -0.1) is 5.10 Å². The van der Waals surface area contributed by atoms with E-state index in [0.717, 1.165) is 34.7 Å². The largest absolute Gasteiger partial charge is 0.481 e. The smallest absolute Gasteiger partial charge is 0.307 e. The Labute approximate surface area is 127 Å². The van der Waals surface area contributed by atoms with Crippen LogP contribution in [0.4, 0.5) is 0 Å². The van der Waals surface area contributed by atoms with Crippen molar-refractivity contribution >= 4 is 17.7 Å². The van der Waals surface area contributed by atoms with Gasteiger partial charge < -0.3 is 5.11 Å². The molecule has 0 aliphatic heterocycles. The van der Waals surface area contributed by atoms with Crippen LogP contribution in [0, 0.1) is 0 Å². The Balaban J connectivity index is 2.12. The zero-order valence-corrected chi connectivity index (χ0v) is 12.9. The number of aryl methyl sites for hydroxylation is 2. The second-order valence-corrected chi connectivity index (χ2v) is 5.55. The van der Waals surface area contributed by atoms with Gasteiger partial charge in [0.25, 0.3) is 0 Å². The lowest BCUT2D eigenvalue weighted by atomic mass is 10.2. The van der Waals surface area contributed by atoms with E-state index in [1.807, 2.05) is 31.2 Å². The predicted molar refractivity (Wildman–Crippen MR) is 80.5 cm³/mol. The maximum Gasteiger partial charge on any atom is 0.307 e. The summed E-state index contributed by atoms with van der Waals surface area (Å²) in [7, 11) is 0. The normalized spacial score (nSPS) is 10.6. The molecule has 5 nitrogen and oxygen atoms in total. The molecule has 0 amide bonds. The van der Waals surface area contributed by atoms with Crippen molar-refractivity contribution in [2.24, 2.45) is 0 Å². The number of carboxylic acids is 1. The number of benzene rings is 1. The minimum absolute atomic E-state index is 0.0359. The van der Waals surface area contributed by atoms with E-state index in [1.54, 1.807) is 0 Å². The van der Waals surface area contributed by atoms with Crippen LogP contribution in [0.5, 0.6) is 0 Å². The quantitative estimate of drug-likeness (QED) is 0.884. The van der Waals surface area contributed by atoms with Gasteiger partial charge in [-0.25, -0.2) is 4.98 Å². The first-order valence-electron chi connectivity index (χ1n) is 6.83. The molecule has 2 aromatic rings. The Kier molecular flexibility index (Phi) is 5.27. The average Bonchev–Trinajstić information content (AvgIpc) is 2.48. The van der Waals surface area contributed by atoms with Gasteiger partial charge in [-0.2, -0.15) is 5.10 Å². The van der Waals surface area contributed by atoms with Crippen LogP contribution in [0.15, 0.2) is 34.3 Å². The van der Waals surface area contributed by atoms with Gasteiger partial charge in [0.15, 0.2) is 0 Å². The van der Waals surface area contributed by atoms with Crippen molar-refractivity contribution in [3.63, 3.8) is 0 Å². The summed E-state index contributed by atoms with van der Waals surface area (Å²) in [6, 6.07) is 7.38. The van der Waals surface area contributed by atoms with Gasteiger partial charge in [0.1, 0.15) is 0 Å². The number of carbonyl (C=O) groups is 1. The van der Waals surface area contributed by atoms with Gasteiger partial charge in [0, 0.05) is 4.90 Å². The van der Waals surface area contributed by atoms with Crippen LogP contribution in [0.3, 0.4) is 0 Å². The molecule has 0 unspecified atom stereocenters. The van der Waals surface area contributed by atoms with Gasteiger partial charge in [-0.3, -0.25) is 4.79 Å². The van der Waals surface area contributed by atoms with Crippen molar-refractivity contribution in [3.8, 4) is 0 Å². The molecule has 0 aliphatic carbocycles. The van der Waals surface area contributed by atoms with Crippen molar-refractivity contribution < 1.29 is 9.90 Å². The standard InChI is InChI=1S/C15H17N3O2S/c1-3-12-13(4-2)17-18-15(16-12)21-11-7-5-10(6-8-11)9-14(19)20/h5-8H,3-4,9H2,1-2H3,(H,19,20). The summed E-state index contributed by atoms with van der Waals surface area (Å²) in [5.41, 5.74) is 2.71. The number of aliphatic carboxylic acids is 1. The van der Waals surface area contributed by atoms with Gasteiger partial charge in [-0.05, 0) is 42.3 Å². The van der Waals surface area contributed by atoms with E-state index >= 15 is 0 Å². The van der Waals surface area contributed by atoms with Gasteiger partial charge in [0.05, 0.1) is 17.8 Å². The maximum absolute atomic E-state index is 10.6. The molecule has 0 bridgehead atoms. The number of aromatic nitrogens is 3. The molecule has 0 saturated carbocycles. The van der Waals surface area contributed by atoms with E-state index in [0.29, 0.717) is 5.16 Å². The molecule has 0 saturated heterocycles. The number of nitrogens with zero attached hydrogens (tertiary/aromatic N) is 3. The van der Waals surface area contributed by atoms with Crippen molar-refractivity contribution in [3.05, 3.63) is 41.2 Å². The molecular formula is C15H17N3O2S. The first-order chi connectivity index (χ1) is 10.1. The summed E-state index contributed by atoms with van der Waals surface area (Å²) >= 11 is 1.43. The lowest BCUT2D eigenvalue weighted by Crippen LogP contribution is -2.03. The fourth-order valence-electron chi connectivity index (χ4n) is 1.92. The maximum atomic E-state index is 10.6. The zero-order chi connectivity index (χ0) is 15.2. The Morgan fingerprint density at radius 3 is 2.33 bits per heavy atom. The summed E-state index contributed by atoms with van der Waals surface area (Å²) in [6.07, 6.45) is 1.70. The van der Waals surface area contributed by atoms with Crippen molar-refractivity contribution in [2.75, 3.05) is 0 Å². The molecular weight excluding hydrogens is 286 g/mol. The third kappa shape index (κ3) is 4.26. The van der Waals surface area contributed by atoms with Crippen molar-refractivity contribution in [1.82, 2.24) is 15.2 Å². The Morgan fingerprint density at radius 2 is 1.76 bits per heavy atom. The number of hydrogen-bond acceptors (Lipinski definition) is 5. The Morgan fingerprint density at radius 1 is 1.10 bits per heavy atom. The van der Waals surface area contributed by atoms with Gasteiger partial charge >= 0.3 is 5.97 Å². The van der Waals surface area contributed by atoms with Crippen LogP contribution in [0.25, 0.3) is 0 Å². The van der Waals surface area contributed by atoms with E-state index in [2.05, 4.69) is 22.1 Å². The zero-order valence-electron chi connectivity index (χ0n) is 12.0. The number of carboxylic acid groups (broad SMARTS) is 1. The molecule has 0 aliphatic rings. The van der Waals surface area contributed by atoms with Crippen LogP contribution in [0.2, 0.25) is 0 Å². The minimum Gasteiger partial charge on any atom is -0.481 e. The molecule has 1 aromatic carbocycles. The highest BCUT2D eigenvalue weighted by atomic mass is 32.2. The fraction of sp³-hybridized carbons (Fsp3) is 0.333. The van der Waals surface area contributed by atoms with E-state index in [1.165, 1.54) is 11.8 Å². The molecule has 0 radical (unpaired) electrons. The third-order valence-electron chi connectivity index (χ3n) is 2.98. The SMILES string of the molecule is CCc1nnc(Sc2ccc(CC(=O)O)cc2)nc1CC. The predicted octanol–water partition coefficient (Wildman–Crippen LogP) is 2.77. The van der Waals surface area contributed by atoms with E-state index in [9.17, 15) is 4.79 Å². The van der Waals surface area contributed by atoms with E-state index < -0.39 is 5.97 Å². The lowest BCUT2D eigenvalue weighted by molar-refractivity contribution is -0.136. The topological polar surface area (TPSA) is 76.0 Å².